The van der Waals surface area contributed by atoms with Crippen molar-refractivity contribution in [3.63, 3.8) is 0 Å². The lowest BCUT2D eigenvalue weighted by molar-refractivity contribution is -0.125. The first kappa shape index (κ1) is 6.31. The molecule has 2 rings (SSSR count). The molecule has 4 unspecified atom stereocenters. The number of Topliss-reactive ketones (excluding diaryl/α,β-unsaturated/α-hetero) is 1. The second-order valence-electron chi connectivity index (χ2n) is 3.13. The van der Waals surface area contributed by atoms with Gasteiger partial charge in [-0.05, 0) is 6.42 Å². The van der Waals surface area contributed by atoms with Crippen LogP contribution in [0.2, 0.25) is 0 Å². The summed E-state index contributed by atoms with van der Waals surface area (Å²) in [5, 5.41) is 9.23. The number of hydrogen-bond acceptors (Lipinski definition) is 3. The molecule has 1 saturated carbocycles. The van der Waals surface area contributed by atoms with Crippen LogP contribution < -0.4 is 0 Å². The van der Waals surface area contributed by atoms with Crippen LogP contribution in [-0.2, 0) is 9.53 Å². The molecule has 0 radical (unpaired) electrons. The fourth-order valence-electron chi connectivity index (χ4n) is 1.54. The van der Waals surface area contributed by atoms with Crippen LogP contribution in [-0.4, -0.2) is 29.2 Å². The van der Waals surface area contributed by atoms with Crippen molar-refractivity contribution in [2.45, 2.75) is 31.7 Å². The van der Waals surface area contributed by atoms with E-state index in [0.29, 0.717) is 6.42 Å². The second-order valence-corrected chi connectivity index (χ2v) is 3.13. The smallest absolute Gasteiger partial charge is 0.167 e. The van der Waals surface area contributed by atoms with Crippen molar-refractivity contribution in [3.8, 4) is 0 Å². The molecular formula is C7H10O3. The largest absolute Gasteiger partial charge is 0.390 e. The Kier molecular flexibility index (Phi) is 1.13. The molecule has 1 saturated heterocycles. The van der Waals surface area contributed by atoms with Crippen molar-refractivity contribution in [2.24, 2.45) is 5.92 Å². The van der Waals surface area contributed by atoms with Gasteiger partial charge in [-0.3, -0.25) is 4.79 Å². The number of rotatable bonds is 0. The van der Waals surface area contributed by atoms with Crippen LogP contribution >= 0.6 is 0 Å². The Morgan fingerprint density at radius 1 is 1.70 bits per heavy atom. The topological polar surface area (TPSA) is 49.8 Å². The summed E-state index contributed by atoms with van der Waals surface area (Å²) in [6, 6.07) is 0. The molecule has 1 N–H and O–H groups in total. The highest BCUT2D eigenvalue weighted by atomic mass is 16.6. The normalized spacial score (nSPS) is 52.4. The van der Waals surface area contributed by atoms with Crippen LogP contribution in [0.4, 0.5) is 0 Å². The maximum Gasteiger partial charge on any atom is 0.167 e. The number of ether oxygens (including phenoxy) is 1. The summed E-state index contributed by atoms with van der Waals surface area (Å²) in [6.07, 6.45) is -0.264. The molecular weight excluding hydrogens is 132 g/mol. The predicted octanol–water partition coefficient (Wildman–Crippen LogP) is -0.276. The van der Waals surface area contributed by atoms with E-state index in [-0.39, 0.29) is 23.9 Å². The van der Waals surface area contributed by atoms with E-state index in [2.05, 4.69) is 0 Å². The zero-order valence-electron chi connectivity index (χ0n) is 5.78. The summed E-state index contributed by atoms with van der Waals surface area (Å²) in [4.78, 5) is 11.1. The number of epoxide rings is 1. The highest BCUT2D eigenvalue weighted by Gasteiger charge is 2.54. The van der Waals surface area contributed by atoms with E-state index < -0.39 is 6.10 Å². The van der Waals surface area contributed by atoms with Crippen molar-refractivity contribution in [1.82, 2.24) is 0 Å². The van der Waals surface area contributed by atoms with Gasteiger partial charge in [-0.2, -0.15) is 0 Å². The highest BCUT2D eigenvalue weighted by Crippen LogP contribution is 2.36. The molecule has 4 atom stereocenters. The molecule has 1 aliphatic heterocycles. The van der Waals surface area contributed by atoms with E-state index >= 15 is 0 Å². The number of aliphatic hydroxyl groups excluding tert-OH is 1. The molecule has 0 aromatic heterocycles. The van der Waals surface area contributed by atoms with Crippen LogP contribution in [0.25, 0.3) is 0 Å². The first-order valence-corrected chi connectivity index (χ1v) is 3.57. The summed E-state index contributed by atoms with van der Waals surface area (Å²) in [7, 11) is 0. The van der Waals surface area contributed by atoms with E-state index in [4.69, 9.17) is 4.74 Å². The number of carbonyl (C=O) groups is 1. The first-order chi connectivity index (χ1) is 4.70. The third-order valence-corrected chi connectivity index (χ3v) is 2.27. The lowest BCUT2D eigenvalue weighted by atomic mass is 9.88. The monoisotopic (exact) mass is 142 g/mol. The van der Waals surface area contributed by atoms with Crippen LogP contribution in [0, 0.1) is 5.92 Å². The number of aliphatic hydroxyl groups is 1. The van der Waals surface area contributed by atoms with Gasteiger partial charge in [0.1, 0.15) is 12.2 Å². The Bertz CT molecular complexity index is 174. The third-order valence-electron chi connectivity index (χ3n) is 2.27. The molecule has 2 aliphatic rings. The maximum atomic E-state index is 11.1. The van der Waals surface area contributed by atoms with Gasteiger partial charge in [-0.25, -0.2) is 0 Å². The maximum absolute atomic E-state index is 11.1. The van der Waals surface area contributed by atoms with Gasteiger partial charge in [-0.15, -0.1) is 0 Å². The molecule has 0 spiro atoms. The second kappa shape index (κ2) is 1.80. The lowest BCUT2D eigenvalue weighted by Gasteiger charge is -2.16. The fourth-order valence-corrected chi connectivity index (χ4v) is 1.54. The standard InChI is InChI=1S/C7H10O3/c1-3-2-4(8)6-7(10-6)5(3)9/h3-4,6-8H,2H2,1H3. The Morgan fingerprint density at radius 2 is 2.40 bits per heavy atom. The molecule has 1 aliphatic carbocycles. The average molecular weight is 142 g/mol. The van der Waals surface area contributed by atoms with Gasteiger partial charge in [0.25, 0.3) is 0 Å². The molecule has 0 aromatic carbocycles. The Hall–Kier alpha value is -0.410. The molecule has 3 heteroatoms. The Balaban J connectivity index is 2.12. The van der Waals surface area contributed by atoms with Crippen molar-refractivity contribution >= 4 is 5.78 Å². The molecule has 3 nitrogen and oxygen atoms in total. The minimum Gasteiger partial charge on any atom is -0.390 e. The van der Waals surface area contributed by atoms with Crippen LogP contribution in [0.1, 0.15) is 13.3 Å². The number of carbonyl (C=O) groups excluding carboxylic acids is 1. The van der Waals surface area contributed by atoms with Gasteiger partial charge in [0.15, 0.2) is 5.78 Å². The summed E-state index contributed by atoms with van der Waals surface area (Å²) >= 11 is 0. The van der Waals surface area contributed by atoms with Gasteiger partial charge < -0.3 is 9.84 Å². The molecule has 56 valence electrons. The van der Waals surface area contributed by atoms with E-state index in [1.807, 2.05) is 6.92 Å². The van der Waals surface area contributed by atoms with E-state index in [9.17, 15) is 9.90 Å². The lowest BCUT2D eigenvalue weighted by Crippen LogP contribution is -2.33. The summed E-state index contributed by atoms with van der Waals surface area (Å²) in [5.41, 5.74) is 0. The minimum absolute atomic E-state index is 0.0150. The van der Waals surface area contributed by atoms with Crippen molar-refractivity contribution < 1.29 is 14.6 Å². The molecule has 0 aromatic rings. The zero-order valence-corrected chi connectivity index (χ0v) is 5.78. The molecule has 0 bridgehead atoms. The van der Waals surface area contributed by atoms with Gasteiger partial charge in [0.2, 0.25) is 0 Å². The van der Waals surface area contributed by atoms with E-state index in [0.717, 1.165) is 0 Å². The molecule has 1 heterocycles. The van der Waals surface area contributed by atoms with Gasteiger partial charge in [0.05, 0.1) is 6.10 Å². The van der Waals surface area contributed by atoms with Crippen LogP contribution in [0.15, 0.2) is 0 Å². The van der Waals surface area contributed by atoms with Gasteiger partial charge in [0, 0.05) is 5.92 Å². The van der Waals surface area contributed by atoms with Gasteiger partial charge >= 0.3 is 0 Å². The number of fused-ring (bicyclic) bond motifs is 1. The number of hydrogen-bond donors (Lipinski definition) is 1. The van der Waals surface area contributed by atoms with Gasteiger partial charge in [-0.1, -0.05) is 6.92 Å². The Morgan fingerprint density at radius 3 is 3.10 bits per heavy atom. The summed E-state index contributed by atoms with van der Waals surface area (Å²) in [5.74, 6) is 0.147. The van der Waals surface area contributed by atoms with E-state index in [1.165, 1.54) is 0 Å². The zero-order chi connectivity index (χ0) is 7.30. The SMILES string of the molecule is CC1CC(O)C2OC2C1=O. The highest BCUT2D eigenvalue weighted by molar-refractivity contribution is 5.89. The average Bonchev–Trinajstić information content (AvgIpc) is 2.61. The first-order valence-electron chi connectivity index (χ1n) is 3.57. The number of ketones is 1. The van der Waals surface area contributed by atoms with Crippen molar-refractivity contribution in [2.75, 3.05) is 0 Å². The predicted molar refractivity (Wildman–Crippen MR) is 33.5 cm³/mol. The quantitative estimate of drug-likeness (QED) is 0.473. The van der Waals surface area contributed by atoms with Crippen molar-refractivity contribution in [3.05, 3.63) is 0 Å². The minimum atomic E-state index is -0.405. The van der Waals surface area contributed by atoms with E-state index in [1.54, 1.807) is 0 Å². The van der Waals surface area contributed by atoms with Crippen molar-refractivity contribution in [1.29, 1.82) is 0 Å². The summed E-state index contributed by atoms with van der Waals surface area (Å²) in [6.45, 7) is 1.84. The molecule has 10 heavy (non-hydrogen) atoms. The summed E-state index contributed by atoms with van der Waals surface area (Å²) < 4.78 is 4.97. The molecule has 2 fully saturated rings. The van der Waals surface area contributed by atoms with Crippen LogP contribution in [0.3, 0.4) is 0 Å². The Labute approximate surface area is 59.0 Å². The fraction of sp³-hybridized carbons (Fsp3) is 0.857. The third kappa shape index (κ3) is 0.707. The van der Waals surface area contributed by atoms with Crippen LogP contribution in [0.5, 0.6) is 0 Å². The molecule has 0 amide bonds.